The Labute approximate surface area is 147 Å². The van der Waals surface area contributed by atoms with Gasteiger partial charge in [0.25, 0.3) is 0 Å². The number of carboxylic acids is 1. The number of nitrogens with zero attached hydrogens (tertiary/aromatic N) is 2. The van der Waals surface area contributed by atoms with Gasteiger partial charge in [-0.3, -0.25) is 14.4 Å². The Morgan fingerprint density at radius 3 is 2.20 bits per heavy atom. The van der Waals surface area contributed by atoms with Crippen molar-refractivity contribution in [3.63, 3.8) is 0 Å². The molecule has 2 fully saturated rings. The van der Waals surface area contributed by atoms with Gasteiger partial charge in [0, 0.05) is 31.7 Å². The van der Waals surface area contributed by atoms with Crippen molar-refractivity contribution < 1.29 is 19.5 Å². The maximum atomic E-state index is 12.7. The van der Waals surface area contributed by atoms with Crippen LogP contribution in [0, 0.1) is 25.7 Å². The van der Waals surface area contributed by atoms with E-state index in [1.54, 1.807) is 9.80 Å². The van der Waals surface area contributed by atoms with Gasteiger partial charge in [0.05, 0.1) is 11.8 Å². The highest BCUT2D eigenvalue weighted by atomic mass is 16.4. The second kappa shape index (κ2) is 6.86. The fourth-order valence-electron chi connectivity index (χ4n) is 3.83. The number of aliphatic carboxylic acids is 1. The van der Waals surface area contributed by atoms with E-state index in [1.165, 1.54) is 0 Å². The minimum Gasteiger partial charge on any atom is -0.481 e. The number of rotatable bonds is 3. The Hall–Kier alpha value is -2.37. The summed E-state index contributed by atoms with van der Waals surface area (Å²) in [6.07, 6.45) is 1.20. The topological polar surface area (TPSA) is 77.9 Å². The Kier molecular flexibility index (Phi) is 4.79. The first-order chi connectivity index (χ1) is 11.8. The van der Waals surface area contributed by atoms with Gasteiger partial charge in [-0.15, -0.1) is 0 Å². The van der Waals surface area contributed by atoms with E-state index >= 15 is 0 Å². The summed E-state index contributed by atoms with van der Waals surface area (Å²) < 4.78 is 0. The van der Waals surface area contributed by atoms with Crippen molar-refractivity contribution in [2.24, 2.45) is 11.8 Å². The lowest BCUT2D eigenvalue weighted by Gasteiger charge is -2.31. The number of likely N-dealkylation sites (tertiary alicyclic amines) is 1. The number of amides is 2. The maximum Gasteiger partial charge on any atom is 0.306 e. The minimum atomic E-state index is -0.788. The summed E-state index contributed by atoms with van der Waals surface area (Å²) in [7, 11) is 0. The van der Waals surface area contributed by atoms with Crippen LogP contribution in [0.3, 0.4) is 0 Å². The molecule has 1 aromatic rings. The van der Waals surface area contributed by atoms with E-state index in [-0.39, 0.29) is 30.1 Å². The predicted molar refractivity (Wildman–Crippen MR) is 93.3 cm³/mol. The fourth-order valence-corrected chi connectivity index (χ4v) is 3.83. The monoisotopic (exact) mass is 344 g/mol. The van der Waals surface area contributed by atoms with Crippen molar-refractivity contribution in [3.8, 4) is 0 Å². The van der Waals surface area contributed by atoms with Gasteiger partial charge in [-0.25, -0.2) is 0 Å². The number of aryl methyl sites for hydroxylation is 2. The number of piperidine rings is 1. The molecule has 2 aliphatic rings. The molecule has 2 aliphatic heterocycles. The zero-order chi connectivity index (χ0) is 18.1. The van der Waals surface area contributed by atoms with E-state index in [9.17, 15) is 14.4 Å². The van der Waals surface area contributed by atoms with E-state index in [2.05, 4.69) is 6.07 Å². The third-order valence-corrected chi connectivity index (χ3v) is 5.15. The first-order valence-corrected chi connectivity index (χ1v) is 8.75. The maximum absolute atomic E-state index is 12.7. The van der Waals surface area contributed by atoms with Gasteiger partial charge in [0.1, 0.15) is 0 Å². The SMILES string of the molecule is Cc1cc(C)cc(N2C[C@H](C(=O)N3CCC(C(=O)O)CC3)CC2=O)c1. The van der Waals surface area contributed by atoms with Crippen molar-refractivity contribution in [2.45, 2.75) is 33.1 Å². The molecular formula is C19H24N2O4. The number of benzene rings is 1. The van der Waals surface area contributed by atoms with Gasteiger partial charge in [0.15, 0.2) is 0 Å². The number of hydrogen-bond donors (Lipinski definition) is 1. The van der Waals surface area contributed by atoms with E-state index in [0.29, 0.717) is 32.5 Å². The second-order valence-electron chi connectivity index (χ2n) is 7.19. The molecule has 0 aliphatic carbocycles. The molecule has 0 bridgehead atoms. The third-order valence-electron chi connectivity index (χ3n) is 5.15. The smallest absolute Gasteiger partial charge is 0.306 e. The number of carbonyl (C=O) groups excluding carboxylic acids is 2. The van der Waals surface area contributed by atoms with Crippen LogP contribution in [0.25, 0.3) is 0 Å². The van der Waals surface area contributed by atoms with Crippen LogP contribution >= 0.6 is 0 Å². The summed E-state index contributed by atoms with van der Waals surface area (Å²) in [6, 6.07) is 5.99. The van der Waals surface area contributed by atoms with E-state index in [1.807, 2.05) is 26.0 Å². The molecule has 0 aromatic heterocycles. The van der Waals surface area contributed by atoms with Gasteiger partial charge in [-0.1, -0.05) is 6.07 Å². The molecule has 2 heterocycles. The first-order valence-electron chi connectivity index (χ1n) is 8.75. The van der Waals surface area contributed by atoms with Crippen molar-refractivity contribution in [2.75, 3.05) is 24.5 Å². The second-order valence-corrected chi connectivity index (χ2v) is 7.19. The van der Waals surface area contributed by atoms with Gasteiger partial charge in [-0.2, -0.15) is 0 Å². The van der Waals surface area contributed by atoms with Crippen LogP contribution in [0.2, 0.25) is 0 Å². The molecule has 0 saturated carbocycles. The summed E-state index contributed by atoms with van der Waals surface area (Å²) in [6.45, 7) is 5.31. The van der Waals surface area contributed by atoms with Gasteiger partial charge >= 0.3 is 5.97 Å². The number of carboxylic acid groups (broad SMARTS) is 1. The quantitative estimate of drug-likeness (QED) is 0.909. The van der Waals surface area contributed by atoms with Crippen molar-refractivity contribution >= 4 is 23.5 Å². The highest BCUT2D eigenvalue weighted by Crippen LogP contribution is 2.29. The minimum absolute atomic E-state index is 0.0240. The highest BCUT2D eigenvalue weighted by molar-refractivity contribution is 6.00. The lowest BCUT2D eigenvalue weighted by Crippen LogP contribution is -2.43. The van der Waals surface area contributed by atoms with Crippen LogP contribution in [0.1, 0.15) is 30.4 Å². The molecule has 3 rings (SSSR count). The van der Waals surface area contributed by atoms with Crippen LogP contribution < -0.4 is 4.90 Å². The predicted octanol–water partition coefficient (Wildman–Crippen LogP) is 1.98. The molecule has 1 N–H and O–H groups in total. The van der Waals surface area contributed by atoms with Crippen LogP contribution in [-0.2, 0) is 14.4 Å². The van der Waals surface area contributed by atoms with E-state index in [4.69, 9.17) is 5.11 Å². The average Bonchev–Trinajstić information content (AvgIpc) is 2.95. The van der Waals surface area contributed by atoms with E-state index in [0.717, 1.165) is 16.8 Å². The third kappa shape index (κ3) is 3.67. The lowest BCUT2D eigenvalue weighted by atomic mass is 9.95. The zero-order valence-electron chi connectivity index (χ0n) is 14.7. The van der Waals surface area contributed by atoms with Crippen molar-refractivity contribution in [1.29, 1.82) is 0 Å². The molecule has 0 radical (unpaired) electrons. The first kappa shape index (κ1) is 17.5. The molecule has 134 valence electrons. The number of hydrogen-bond acceptors (Lipinski definition) is 3. The van der Waals surface area contributed by atoms with Gasteiger partial charge in [-0.05, 0) is 49.9 Å². The molecule has 1 atom stereocenters. The molecule has 2 saturated heterocycles. The van der Waals surface area contributed by atoms with Crippen LogP contribution in [0.5, 0.6) is 0 Å². The highest BCUT2D eigenvalue weighted by Gasteiger charge is 2.38. The zero-order valence-corrected chi connectivity index (χ0v) is 14.7. The summed E-state index contributed by atoms with van der Waals surface area (Å²) in [4.78, 5) is 39.6. The molecular weight excluding hydrogens is 320 g/mol. The Balaban J connectivity index is 1.66. The van der Waals surface area contributed by atoms with Crippen LogP contribution in [-0.4, -0.2) is 47.4 Å². The number of carbonyl (C=O) groups is 3. The van der Waals surface area contributed by atoms with Crippen LogP contribution in [0.4, 0.5) is 5.69 Å². The Bertz CT molecular complexity index is 687. The summed E-state index contributed by atoms with van der Waals surface area (Å²) in [5.41, 5.74) is 3.03. The Morgan fingerprint density at radius 2 is 1.64 bits per heavy atom. The lowest BCUT2D eigenvalue weighted by molar-refractivity contribution is -0.146. The molecule has 0 spiro atoms. The molecule has 25 heavy (non-hydrogen) atoms. The largest absolute Gasteiger partial charge is 0.481 e. The molecule has 1 aromatic carbocycles. The van der Waals surface area contributed by atoms with Crippen LogP contribution in [0.15, 0.2) is 18.2 Å². The van der Waals surface area contributed by atoms with Crippen molar-refractivity contribution in [3.05, 3.63) is 29.3 Å². The molecule has 2 amide bonds. The molecule has 6 nitrogen and oxygen atoms in total. The van der Waals surface area contributed by atoms with E-state index < -0.39 is 5.97 Å². The number of anilines is 1. The standard InChI is InChI=1S/C19H24N2O4/c1-12-7-13(2)9-16(8-12)21-11-15(10-17(21)22)18(23)20-5-3-14(4-6-20)19(24)25/h7-9,14-15H,3-6,10-11H2,1-2H3,(H,24,25)/t15-/m1/s1. The average molecular weight is 344 g/mol. The van der Waals surface area contributed by atoms with Crippen molar-refractivity contribution in [1.82, 2.24) is 4.90 Å². The normalized spacial score (nSPS) is 21.7. The molecule has 6 heteroatoms. The fraction of sp³-hybridized carbons (Fsp3) is 0.526. The summed E-state index contributed by atoms with van der Waals surface area (Å²) >= 11 is 0. The summed E-state index contributed by atoms with van der Waals surface area (Å²) in [5.74, 6) is -1.53. The van der Waals surface area contributed by atoms with Gasteiger partial charge in [0.2, 0.25) is 11.8 Å². The Morgan fingerprint density at radius 1 is 1.04 bits per heavy atom. The van der Waals surface area contributed by atoms with Gasteiger partial charge < -0.3 is 14.9 Å². The summed E-state index contributed by atoms with van der Waals surface area (Å²) in [5, 5.41) is 9.06. The molecule has 0 unspecified atom stereocenters.